The highest BCUT2D eigenvalue weighted by Gasteiger charge is 2.22. The van der Waals surface area contributed by atoms with E-state index in [9.17, 15) is 18.5 Å². The predicted octanol–water partition coefficient (Wildman–Crippen LogP) is 3.71. The summed E-state index contributed by atoms with van der Waals surface area (Å²) in [6.07, 6.45) is 2.64. The van der Waals surface area contributed by atoms with E-state index in [1.54, 1.807) is 19.9 Å². The maximum absolute atomic E-state index is 12.5. The first-order chi connectivity index (χ1) is 11.2. The van der Waals surface area contributed by atoms with Gasteiger partial charge in [0.25, 0.3) is 15.7 Å². The lowest BCUT2D eigenvalue weighted by atomic mass is 10.0. The van der Waals surface area contributed by atoms with Crippen LogP contribution >= 0.6 is 0 Å². The Hall–Kier alpha value is -2.22. The quantitative estimate of drug-likeness (QED) is 0.233. The first-order valence-corrected chi connectivity index (χ1v) is 9.02. The molecule has 0 aliphatic carbocycles. The normalized spacial score (nSPS) is 13.6. The van der Waals surface area contributed by atoms with Gasteiger partial charge in [-0.15, -0.1) is 11.0 Å². The first kappa shape index (κ1) is 19.8. The Labute approximate surface area is 142 Å². The lowest BCUT2D eigenvalue weighted by Gasteiger charge is -2.19. The molecule has 132 valence electrons. The Kier molecular flexibility index (Phi) is 7.09. The van der Waals surface area contributed by atoms with Crippen LogP contribution in [-0.4, -0.2) is 25.3 Å². The van der Waals surface area contributed by atoms with Crippen molar-refractivity contribution in [1.82, 2.24) is 0 Å². The van der Waals surface area contributed by atoms with Crippen LogP contribution in [0.15, 0.2) is 46.2 Å². The summed E-state index contributed by atoms with van der Waals surface area (Å²) < 4.78 is 34.4. The molecule has 0 N–H and O–H groups in total. The third kappa shape index (κ3) is 5.45. The van der Waals surface area contributed by atoms with E-state index in [0.29, 0.717) is 12.8 Å². The van der Waals surface area contributed by atoms with Crippen molar-refractivity contribution in [2.24, 2.45) is 10.3 Å². The Balaban J connectivity index is 3.25. The highest BCUT2D eigenvalue weighted by Crippen LogP contribution is 2.21. The van der Waals surface area contributed by atoms with E-state index < -0.39 is 14.9 Å². The van der Waals surface area contributed by atoms with E-state index in [1.165, 1.54) is 12.1 Å². The van der Waals surface area contributed by atoms with Gasteiger partial charge in [0, 0.05) is 18.1 Å². The van der Waals surface area contributed by atoms with Crippen molar-refractivity contribution in [2.45, 2.75) is 44.6 Å². The minimum Gasteiger partial charge on any atom is -0.477 e. The lowest BCUT2D eigenvalue weighted by Crippen LogP contribution is -2.22. The van der Waals surface area contributed by atoms with Crippen LogP contribution in [-0.2, 0) is 14.8 Å². The number of rotatable bonds is 8. The van der Waals surface area contributed by atoms with Crippen molar-refractivity contribution in [3.63, 3.8) is 0 Å². The molecule has 0 heterocycles. The number of ether oxygens (including phenoxy) is 1. The average molecular weight is 354 g/mol. The molecule has 24 heavy (non-hydrogen) atoms. The van der Waals surface area contributed by atoms with E-state index in [-0.39, 0.29) is 28.5 Å². The highest BCUT2D eigenvalue weighted by molar-refractivity contribution is 7.90. The smallest absolute Gasteiger partial charge is 0.285 e. The molecule has 0 aliphatic heterocycles. The van der Waals surface area contributed by atoms with Crippen molar-refractivity contribution in [2.75, 3.05) is 0 Å². The zero-order chi connectivity index (χ0) is 18.3. The second kappa shape index (κ2) is 8.58. The van der Waals surface area contributed by atoms with Gasteiger partial charge in [0.05, 0.1) is 15.9 Å². The molecule has 0 bridgehead atoms. The van der Waals surface area contributed by atoms with E-state index in [2.05, 4.69) is 11.0 Å². The fourth-order valence-electron chi connectivity index (χ4n) is 1.99. The molecule has 1 atom stereocenters. The molecule has 0 amide bonds. The molecule has 0 aromatic heterocycles. The number of nitrogens with zero attached hydrogens (tertiary/aromatic N) is 2. The van der Waals surface area contributed by atoms with Crippen molar-refractivity contribution < 1.29 is 18.1 Å². The summed E-state index contributed by atoms with van der Waals surface area (Å²) in [6, 6.07) is 4.59. The number of allylic oxidation sites excluding steroid dienone is 1. The third-order valence-electron chi connectivity index (χ3n) is 3.21. The molecule has 7 nitrogen and oxygen atoms in total. The van der Waals surface area contributed by atoms with Gasteiger partial charge in [0.1, 0.15) is 0 Å². The minimum absolute atomic E-state index is 0.119. The predicted molar refractivity (Wildman–Crippen MR) is 92.5 cm³/mol. The van der Waals surface area contributed by atoms with E-state index >= 15 is 0 Å². The summed E-state index contributed by atoms with van der Waals surface area (Å²) in [6.45, 7) is 9.15. The SMILES string of the molecule is C=CCC(CC)/C(=N\S(=O)(=O)c1ccc([N+](=O)[O-])cc1)OC(C)C. The van der Waals surface area contributed by atoms with Crippen LogP contribution in [0.4, 0.5) is 5.69 Å². The molecule has 0 aliphatic rings. The van der Waals surface area contributed by atoms with Gasteiger partial charge in [0.15, 0.2) is 0 Å². The fraction of sp³-hybridized carbons (Fsp3) is 0.438. The van der Waals surface area contributed by atoms with Gasteiger partial charge in [-0.25, -0.2) is 0 Å². The van der Waals surface area contributed by atoms with Crippen LogP contribution in [0.2, 0.25) is 0 Å². The van der Waals surface area contributed by atoms with Gasteiger partial charge >= 0.3 is 0 Å². The number of non-ortho nitro benzene ring substituents is 1. The largest absolute Gasteiger partial charge is 0.477 e. The van der Waals surface area contributed by atoms with Gasteiger partial charge in [-0.1, -0.05) is 13.0 Å². The zero-order valence-corrected chi connectivity index (χ0v) is 14.8. The Bertz CT molecular complexity index is 708. The van der Waals surface area contributed by atoms with E-state index in [4.69, 9.17) is 4.74 Å². The summed E-state index contributed by atoms with van der Waals surface area (Å²) in [7, 11) is -4.01. The maximum Gasteiger partial charge on any atom is 0.285 e. The number of nitro groups is 1. The molecule has 0 spiro atoms. The summed E-state index contributed by atoms with van der Waals surface area (Å²) in [5.74, 6) is -0.0662. The summed E-state index contributed by atoms with van der Waals surface area (Å²) >= 11 is 0. The van der Waals surface area contributed by atoms with Crippen molar-refractivity contribution in [1.29, 1.82) is 0 Å². The first-order valence-electron chi connectivity index (χ1n) is 7.58. The minimum atomic E-state index is -4.01. The average Bonchev–Trinajstić information content (AvgIpc) is 2.51. The van der Waals surface area contributed by atoms with Gasteiger partial charge in [0.2, 0.25) is 5.90 Å². The number of benzene rings is 1. The lowest BCUT2D eigenvalue weighted by molar-refractivity contribution is -0.384. The molecule has 0 fully saturated rings. The van der Waals surface area contributed by atoms with Crippen molar-refractivity contribution in [3.8, 4) is 0 Å². The summed E-state index contributed by atoms with van der Waals surface area (Å²) in [5.41, 5.74) is -0.185. The monoisotopic (exact) mass is 354 g/mol. The highest BCUT2D eigenvalue weighted by atomic mass is 32.2. The second-order valence-electron chi connectivity index (χ2n) is 5.45. The molecule has 0 saturated heterocycles. The Morgan fingerprint density at radius 3 is 2.38 bits per heavy atom. The van der Waals surface area contributed by atoms with Crippen molar-refractivity contribution >= 4 is 21.6 Å². The molecule has 0 radical (unpaired) electrons. The van der Waals surface area contributed by atoms with Crippen LogP contribution < -0.4 is 0 Å². The molecule has 1 rings (SSSR count). The van der Waals surface area contributed by atoms with E-state index in [1.807, 2.05) is 6.92 Å². The number of nitro benzene ring substituents is 1. The molecule has 1 aromatic carbocycles. The standard InChI is InChI=1S/C16H22N2O5S/c1-5-7-13(6-2)16(23-12(3)4)17-24(21,22)15-10-8-14(9-11-15)18(19)20/h5,8-13H,1,6-7H2,2-4H3/b17-16+. The van der Waals surface area contributed by atoms with Crippen LogP contribution in [0.3, 0.4) is 0 Å². The van der Waals surface area contributed by atoms with E-state index in [0.717, 1.165) is 12.1 Å². The van der Waals surface area contributed by atoms with Crippen LogP contribution in [0.1, 0.15) is 33.6 Å². The molecule has 8 heteroatoms. The molecular formula is C16H22N2O5S. The van der Waals surface area contributed by atoms with Gasteiger partial charge < -0.3 is 4.74 Å². The van der Waals surface area contributed by atoms with Crippen molar-refractivity contribution in [3.05, 3.63) is 47.0 Å². The molecule has 0 saturated carbocycles. The number of sulfonamides is 1. The number of hydrogen-bond donors (Lipinski definition) is 0. The van der Waals surface area contributed by atoms with Crippen LogP contribution in [0, 0.1) is 16.0 Å². The Morgan fingerprint density at radius 2 is 1.96 bits per heavy atom. The van der Waals surface area contributed by atoms with Gasteiger partial charge in [-0.05, 0) is 38.8 Å². The fourth-order valence-corrected chi connectivity index (χ4v) is 3.00. The zero-order valence-electron chi connectivity index (χ0n) is 14.0. The number of hydrogen-bond acceptors (Lipinski definition) is 5. The Morgan fingerprint density at radius 1 is 1.38 bits per heavy atom. The third-order valence-corrected chi connectivity index (χ3v) is 4.49. The molecular weight excluding hydrogens is 332 g/mol. The van der Waals surface area contributed by atoms with Crippen LogP contribution in [0.5, 0.6) is 0 Å². The maximum atomic E-state index is 12.5. The van der Waals surface area contributed by atoms with Crippen LogP contribution in [0.25, 0.3) is 0 Å². The second-order valence-corrected chi connectivity index (χ2v) is 7.06. The molecule has 1 unspecified atom stereocenters. The summed E-state index contributed by atoms with van der Waals surface area (Å²) in [5, 5.41) is 10.7. The topological polar surface area (TPSA) is 98.9 Å². The van der Waals surface area contributed by atoms with Gasteiger partial charge in [-0.3, -0.25) is 10.1 Å². The summed E-state index contributed by atoms with van der Waals surface area (Å²) in [4.78, 5) is 9.95. The van der Waals surface area contributed by atoms with Gasteiger partial charge in [-0.2, -0.15) is 8.42 Å². The molecule has 1 aromatic rings.